The summed E-state index contributed by atoms with van der Waals surface area (Å²) in [5.74, 6) is -3.09. The number of carbonyl (C=O) groups excluding carboxylic acids is 1. The Kier molecular flexibility index (Phi) is 13.1. The number of hydrogen-bond acceptors (Lipinski definition) is 17. The summed E-state index contributed by atoms with van der Waals surface area (Å²) in [6.07, 6.45) is -14.8. The lowest BCUT2D eigenvalue weighted by Gasteiger charge is -2.42. The molecule has 1 aromatic carbocycles. The van der Waals surface area contributed by atoms with Crippen molar-refractivity contribution >= 4 is 18.0 Å². The van der Waals surface area contributed by atoms with Crippen molar-refractivity contribution < 1.29 is 89.1 Å². The van der Waals surface area contributed by atoms with Crippen LogP contribution in [0.15, 0.2) is 18.2 Å². The van der Waals surface area contributed by atoms with Crippen molar-refractivity contribution in [1.82, 2.24) is 0 Å². The van der Waals surface area contributed by atoms with Gasteiger partial charge in [0.1, 0.15) is 55.4 Å². The van der Waals surface area contributed by atoms with E-state index >= 15 is 0 Å². The van der Waals surface area contributed by atoms with Crippen LogP contribution in [0.25, 0.3) is 6.08 Å². The van der Waals surface area contributed by atoms with Gasteiger partial charge >= 0.3 is 11.9 Å². The van der Waals surface area contributed by atoms with Gasteiger partial charge in [-0.2, -0.15) is 0 Å². The van der Waals surface area contributed by atoms with E-state index in [0.29, 0.717) is 5.56 Å². The number of carboxylic acids is 1. The Hall–Kier alpha value is -3.14. The van der Waals surface area contributed by atoms with Crippen LogP contribution in [0.3, 0.4) is 0 Å². The number of esters is 1. The number of aliphatic hydroxyl groups excluding tert-OH is 8. The van der Waals surface area contributed by atoms with Gasteiger partial charge in [0.2, 0.25) is 12.0 Å². The van der Waals surface area contributed by atoms with Crippen LogP contribution in [-0.4, -0.2) is 157 Å². The van der Waals surface area contributed by atoms with Crippen molar-refractivity contribution in [1.29, 1.82) is 0 Å². The largest absolute Gasteiger partial charge is 0.504 e. The maximum absolute atomic E-state index is 12.6. The second-order valence-electron chi connectivity index (χ2n) is 11.0. The SMILES string of the molecule is COc1cc(/C=C/COC(=O)C[C@](C)(CC(=O)O)O[C@@H]2O[C@H](CO)[C@@H](O)[C@H](O)[C@H]2O)cc(O)c1O[C@@H]1O[C@H](CO)[C@@H](O)[C@H](O)[C@H]1O. The molecule has 0 saturated carbocycles. The first-order valence-corrected chi connectivity index (χ1v) is 14.0. The molecule has 260 valence electrons. The Morgan fingerprint density at radius 1 is 0.870 bits per heavy atom. The van der Waals surface area contributed by atoms with Crippen molar-refractivity contribution in [2.45, 2.75) is 86.8 Å². The van der Waals surface area contributed by atoms with Crippen molar-refractivity contribution in [2.75, 3.05) is 26.9 Å². The van der Waals surface area contributed by atoms with Crippen LogP contribution in [0.5, 0.6) is 17.2 Å². The molecule has 0 bridgehead atoms. The quantitative estimate of drug-likeness (QED) is 0.0866. The average molecular weight is 665 g/mol. The van der Waals surface area contributed by atoms with E-state index in [2.05, 4.69) is 0 Å². The number of carbonyl (C=O) groups is 2. The fourth-order valence-corrected chi connectivity index (χ4v) is 4.85. The molecule has 0 radical (unpaired) electrons. The third-order valence-corrected chi connectivity index (χ3v) is 7.30. The highest BCUT2D eigenvalue weighted by Gasteiger charge is 2.48. The van der Waals surface area contributed by atoms with Gasteiger partial charge in [0.25, 0.3) is 0 Å². The minimum absolute atomic E-state index is 0.0385. The molecule has 0 amide bonds. The second-order valence-corrected chi connectivity index (χ2v) is 11.0. The van der Waals surface area contributed by atoms with Crippen molar-refractivity contribution in [2.24, 2.45) is 0 Å². The van der Waals surface area contributed by atoms with Crippen LogP contribution in [0.1, 0.15) is 25.3 Å². The monoisotopic (exact) mass is 664 g/mol. The standard InChI is InChI=1S/C28H40O18/c1-28(8-17(32)33,46-27-24(40)22(38)20(36)16(11-30)44-27)9-18(34)42-5-3-4-12-6-13(31)25(14(7-12)41-2)45-26-23(39)21(37)19(35)15(10-29)43-26/h3-4,6-7,15-16,19-24,26-27,29-31,35-40H,5,8-11H2,1-2H3,(H,32,33)/b4-3+/t15-,16-,19-,20-,21+,22+,23-,24-,26+,27+,28+/m1/s1. The zero-order valence-electron chi connectivity index (χ0n) is 24.9. The first-order chi connectivity index (χ1) is 21.6. The Balaban J connectivity index is 1.63. The molecule has 2 fully saturated rings. The van der Waals surface area contributed by atoms with E-state index in [9.17, 15) is 60.7 Å². The van der Waals surface area contributed by atoms with E-state index in [1.807, 2.05) is 0 Å². The predicted molar refractivity (Wildman–Crippen MR) is 149 cm³/mol. The maximum atomic E-state index is 12.6. The first-order valence-electron chi connectivity index (χ1n) is 14.0. The van der Waals surface area contributed by atoms with Gasteiger partial charge in [0, 0.05) is 0 Å². The third kappa shape index (κ3) is 9.02. The minimum atomic E-state index is -1.83. The maximum Gasteiger partial charge on any atom is 0.309 e. The third-order valence-electron chi connectivity index (χ3n) is 7.30. The van der Waals surface area contributed by atoms with E-state index in [0.717, 1.165) is 0 Å². The normalized spacial score (nSPS) is 32.9. The second kappa shape index (κ2) is 16.1. The smallest absolute Gasteiger partial charge is 0.309 e. The van der Waals surface area contributed by atoms with Crippen LogP contribution >= 0.6 is 0 Å². The van der Waals surface area contributed by atoms with Crippen molar-refractivity contribution in [3.8, 4) is 17.2 Å². The first kappa shape index (κ1) is 37.3. The average Bonchev–Trinajstić information content (AvgIpc) is 3.00. The molecule has 10 N–H and O–H groups in total. The van der Waals surface area contributed by atoms with Gasteiger partial charge in [-0.1, -0.05) is 6.08 Å². The van der Waals surface area contributed by atoms with Gasteiger partial charge in [0.15, 0.2) is 17.8 Å². The number of methoxy groups -OCH3 is 1. The Labute approximate surface area is 262 Å². The number of benzene rings is 1. The molecule has 1 aromatic rings. The van der Waals surface area contributed by atoms with Crippen LogP contribution in [0.2, 0.25) is 0 Å². The lowest BCUT2D eigenvalue weighted by Crippen LogP contribution is -2.60. The summed E-state index contributed by atoms with van der Waals surface area (Å²) in [5.41, 5.74) is -1.48. The number of rotatable bonds is 14. The predicted octanol–water partition coefficient (Wildman–Crippen LogP) is -3.42. The summed E-state index contributed by atoms with van der Waals surface area (Å²) >= 11 is 0. The van der Waals surface area contributed by atoms with Crippen molar-refractivity contribution in [3.05, 3.63) is 23.8 Å². The summed E-state index contributed by atoms with van der Waals surface area (Å²) in [6, 6.07) is 2.62. The van der Waals surface area contributed by atoms with E-state index in [1.165, 1.54) is 38.3 Å². The Bertz CT molecular complexity index is 1210. The number of aromatic hydroxyl groups is 1. The van der Waals surface area contributed by atoms with Crippen LogP contribution in [-0.2, 0) is 28.5 Å². The topological polar surface area (TPSA) is 292 Å². The molecule has 2 aliphatic rings. The van der Waals surface area contributed by atoms with E-state index in [-0.39, 0.29) is 18.1 Å². The molecule has 3 rings (SSSR count). The van der Waals surface area contributed by atoms with E-state index in [4.69, 9.17) is 28.4 Å². The van der Waals surface area contributed by atoms with Gasteiger partial charge in [-0.15, -0.1) is 0 Å². The number of carboxylic acid groups (broad SMARTS) is 1. The summed E-state index contributed by atoms with van der Waals surface area (Å²) in [4.78, 5) is 24.1. The zero-order chi connectivity index (χ0) is 34.3. The molecular formula is C28H40O18. The van der Waals surface area contributed by atoms with Crippen LogP contribution in [0, 0.1) is 0 Å². The van der Waals surface area contributed by atoms with Crippen LogP contribution in [0.4, 0.5) is 0 Å². The highest BCUT2D eigenvalue weighted by molar-refractivity contribution is 5.74. The number of hydrogen-bond donors (Lipinski definition) is 10. The number of ether oxygens (including phenoxy) is 6. The molecule has 18 nitrogen and oxygen atoms in total. The number of phenols is 1. The molecule has 0 unspecified atom stereocenters. The van der Waals surface area contributed by atoms with Gasteiger partial charge < -0.3 is 79.5 Å². The van der Waals surface area contributed by atoms with E-state index in [1.54, 1.807) is 0 Å². The molecule has 0 aliphatic carbocycles. The molecule has 2 saturated heterocycles. The van der Waals surface area contributed by atoms with Crippen LogP contribution < -0.4 is 9.47 Å². The molecule has 2 heterocycles. The summed E-state index contributed by atoms with van der Waals surface area (Å²) < 4.78 is 32.0. The Morgan fingerprint density at radius 3 is 1.98 bits per heavy atom. The molecule has 0 aromatic heterocycles. The lowest BCUT2D eigenvalue weighted by atomic mass is 9.95. The zero-order valence-corrected chi connectivity index (χ0v) is 24.9. The Morgan fingerprint density at radius 2 is 1.43 bits per heavy atom. The molecule has 2 aliphatic heterocycles. The molecule has 46 heavy (non-hydrogen) atoms. The fourth-order valence-electron chi connectivity index (χ4n) is 4.85. The fraction of sp³-hybridized carbons (Fsp3) is 0.643. The van der Waals surface area contributed by atoms with Gasteiger partial charge in [-0.05, 0) is 30.7 Å². The molecule has 0 spiro atoms. The summed E-state index contributed by atoms with van der Waals surface area (Å²) in [5, 5.41) is 99.0. The molecular weight excluding hydrogens is 624 g/mol. The van der Waals surface area contributed by atoms with E-state index < -0.39 is 111 Å². The number of aliphatic hydroxyl groups is 8. The highest BCUT2D eigenvalue weighted by atomic mass is 16.7. The van der Waals surface area contributed by atoms with Crippen molar-refractivity contribution in [3.63, 3.8) is 0 Å². The number of phenolic OH excluding ortho intramolecular Hbond substituents is 1. The molecule has 18 heteroatoms. The lowest BCUT2D eigenvalue weighted by molar-refractivity contribution is -0.325. The van der Waals surface area contributed by atoms with Gasteiger partial charge in [-0.3, -0.25) is 9.59 Å². The minimum Gasteiger partial charge on any atom is -0.504 e. The summed E-state index contributed by atoms with van der Waals surface area (Å²) in [6.45, 7) is -0.518. The van der Waals surface area contributed by atoms with Gasteiger partial charge in [0.05, 0.1) is 38.8 Å². The van der Waals surface area contributed by atoms with Gasteiger partial charge in [-0.25, -0.2) is 0 Å². The molecule has 11 atom stereocenters. The summed E-state index contributed by atoms with van der Waals surface area (Å²) in [7, 11) is 1.25. The number of aliphatic carboxylic acids is 1. The highest BCUT2D eigenvalue weighted by Crippen LogP contribution is 2.40.